The quantitative estimate of drug-likeness (QED) is 0.152. The monoisotopic (exact) mass is 584 g/mol. The zero-order chi connectivity index (χ0) is 30.5. The van der Waals surface area contributed by atoms with Crippen molar-refractivity contribution in [3.63, 3.8) is 0 Å². The molecule has 46 heavy (non-hydrogen) atoms. The van der Waals surface area contributed by atoms with E-state index in [0.29, 0.717) is 0 Å². The van der Waals surface area contributed by atoms with E-state index in [-0.39, 0.29) is 0 Å². The van der Waals surface area contributed by atoms with Gasteiger partial charge in [0.25, 0.3) is 0 Å². The first-order valence-electron chi connectivity index (χ1n) is 15.7. The third-order valence-corrected chi connectivity index (χ3v) is 9.08. The fourth-order valence-corrected chi connectivity index (χ4v) is 6.90. The van der Waals surface area contributed by atoms with Crippen molar-refractivity contribution in [3.05, 3.63) is 170 Å². The van der Waals surface area contributed by atoms with Gasteiger partial charge in [0.05, 0.1) is 16.7 Å². The van der Waals surface area contributed by atoms with E-state index in [9.17, 15) is 0 Å². The van der Waals surface area contributed by atoms with Crippen LogP contribution in [0.1, 0.15) is 0 Å². The van der Waals surface area contributed by atoms with E-state index in [4.69, 9.17) is 9.97 Å². The molecule has 0 saturated heterocycles. The van der Waals surface area contributed by atoms with Gasteiger partial charge in [-0.05, 0) is 79.2 Å². The zero-order valence-corrected chi connectivity index (χ0v) is 25.1. The third-order valence-electron chi connectivity index (χ3n) is 9.08. The first-order chi connectivity index (χ1) is 22.8. The summed E-state index contributed by atoms with van der Waals surface area (Å²) in [6.45, 7) is 0. The SMILES string of the molecule is c1ccc(-c2ccc3c(-c4ccc5ccc6cccnc6c5n4)c4cc(-c5ccccc5)ccc4c(-c4ccccc4)c3c2)cc1. The summed E-state index contributed by atoms with van der Waals surface area (Å²) in [4.78, 5) is 10.2. The van der Waals surface area contributed by atoms with E-state index in [0.717, 1.165) is 33.1 Å². The summed E-state index contributed by atoms with van der Waals surface area (Å²) in [6.07, 6.45) is 1.85. The van der Waals surface area contributed by atoms with E-state index in [1.54, 1.807) is 0 Å². The van der Waals surface area contributed by atoms with Crippen molar-refractivity contribution in [1.82, 2.24) is 9.97 Å². The van der Waals surface area contributed by atoms with Crippen LogP contribution in [0.15, 0.2) is 170 Å². The lowest BCUT2D eigenvalue weighted by Gasteiger charge is -2.19. The molecule has 0 bridgehead atoms. The van der Waals surface area contributed by atoms with Crippen LogP contribution in [0.5, 0.6) is 0 Å². The molecule has 2 nitrogen and oxygen atoms in total. The maximum Gasteiger partial charge on any atom is 0.0972 e. The van der Waals surface area contributed by atoms with E-state index >= 15 is 0 Å². The molecule has 2 aromatic heterocycles. The summed E-state index contributed by atoms with van der Waals surface area (Å²) in [6, 6.07) is 58.6. The number of hydrogen-bond donors (Lipinski definition) is 0. The highest BCUT2D eigenvalue weighted by Gasteiger charge is 2.20. The Labute approximate surface area is 267 Å². The summed E-state index contributed by atoms with van der Waals surface area (Å²) in [5.41, 5.74) is 11.1. The van der Waals surface area contributed by atoms with Gasteiger partial charge in [-0.15, -0.1) is 0 Å². The van der Waals surface area contributed by atoms with Gasteiger partial charge in [0.15, 0.2) is 0 Å². The molecule has 0 spiro atoms. The van der Waals surface area contributed by atoms with Gasteiger partial charge in [0.1, 0.15) is 0 Å². The van der Waals surface area contributed by atoms with Crippen molar-refractivity contribution in [2.45, 2.75) is 0 Å². The highest BCUT2D eigenvalue weighted by atomic mass is 14.8. The van der Waals surface area contributed by atoms with Crippen LogP contribution in [0.25, 0.3) is 88.0 Å². The standard InChI is InChI=1S/C44H28N2/c1-4-11-29(12-5-1)34-21-24-37-38(27-34)41(31-15-8-3-9-16-31)36-23-20-35(30-13-6-2-7-14-30)28-39(36)42(37)40-25-22-33-19-18-32-17-10-26-45-43(32)44(33)46-40/h1-28H. The fourth-order valence-electron chi connectivity index (χ4n) is 6.90. The van der Waals surface area contributed by atoms with Gasteiger partial charge in [-0.1, -0.05) is 140 Å². The van der Waals surface area contributed by atoms with E-state index in [1.165, 1.54) is 54.9 Å². The predicted octanol–water partition coefficient (Wildman–Crippen LogP) is 11.8. The predicted molar refractivity (Wildman–Crippen MR) is 194 cm³/mol. The molecule has 9 rings (SSSR count). The Kier molecular flexibility index (Phi) is 6.17. The fraction of sp³-hybridized carbons (Fsp3) is 0. The van der Waals surface area contributed by atoms with Crippen molar-refractivity contribution in [2.24, 2.45) is 0 Å². The number of pyridine rings is 2. The average molecular weight is 585 g/mol. The number of aromatic nitrogens is 2. The minimum absolute atomic E-state index is 0.921. The topological polar surface area (TPSA) is 25.8 Å². The Morgan fingerprint density at radius 1 is 0.326 bits per heavy atom. The first kappa shape index (κ1) is 26.3. The Morgan fingerprint density at radius 2 is 0.848 bits per heavy atom. The molecule has 0 aliphatic rings. The molecule has 0 N–H and O–H groups in total. The molecule has 0 unspecified atom stereocenters. The van der Waals surface area contributed by atoms with Crippen molar-refractivity contribution in [1.29, 1.82) is 0 Å². The number of benzene rings is 7. The number of hydrogen-bond acceptors (Lipinski definition) is 2. The maximum atomic E-state index is 5.40. The van der Waals surface area contributed by atoms with E-state index in [1.807, 2.05) is 12.3 Å². The number of nitrogens with zero attached hydrogens (tertiary/aromatic N) is 2. The van der Waals surface area contributed by atoms with Gasteiger partial charge < -0.3 is 0 Å². The number of rotatable bonds is 4. The lowest BCUT2D eigenvalue weighted by Crippen LogP contribution is -1.95. The molecule has 0 saturated carbocycles. The summed E-state index contributed by atoms with van der Waals surface area (Å²) < 4.78 is 0. The molecule has 0 aliphatic heterocycles. The van der Waals surface area contributed by atoms with Crippen LogP contribution in [0.4, 0.5) is 0 Å². The van der Waals surface area contributed by atoms with Crippen LogP contribution in [-0.2, 0) is 0 Å². The Bertz CT molecular complexity index is 2560. The molecule has 0 atom stereocenters. The second kappa shape index (κ2) is 10.8. The van der Waals surface area contributed by atoms with Gasteiger partial charge in [-0.2, -0.15) is 0 Å². The Balaban J connectivity index is 1.44. The number of fused-ring (bicyclic) bond motifs is 5. The second-order valence-corrected chi connectivity index (χ2v) is 11.8. The smallest absolute Gasteiger partial charge is 0.0972 e. The zero-order valence-electron chi connectivity index (χ0n) is 25.1. The van der Waals surface area contributed by atoms with Crippen LogP contribution in [0.2, 0.25) is 0 Å². The summed E-state index contributed by atoms with van der Waals surface area (Å²) in [5, 5.41) is 6.95. The second-order valence-electron chi connectivity index (χ2n) is 11.8. The molecule has 0 amide bonds. The normalized spacial score (nSPS) is 11.5. The summed E-state index contributed by atoms with van der Waals surface area (Å²) >= 11 is 0. The minimum Gasteiger partial charge on any atom is -0.254 e. The van der Waals surface area contributed by atoms with Crippen molar-refractivity contribution in [2.75, 3.05) is 0 Å². The van der Waals surface area contributed by atoms with Crippen molar-refractivity contribution < 1.29 is 0 Å². The molecule has 7 aromatic carbocycles. The van der Waals surface area contributed by atoms with E-state index in [2.05, 4.69) is 158 Å². The molecule has 0 fully saturated rings. The molecule has 2 heterocycles. The Morgan fingerprint density at radius 3 is 1.48 bits per heavy atom. The van der Waals surface area contributed by atoms with Gasteiger partial charge in [-0.3, -0.25) is 4.98 Å². The first-order valence-corrected chi connectivity index (χ1v) is 15.7. The molecule has 9 aromatic rings. The van der Waals surface area contributed by atoms with Crippen LogP contribution >= 0.6 is 0 Å². The van der Waals surface area contributed by atoms with Crippen LogP contribution in [0.3, 0.4) is 0 Å². The molecule has 2 heteroatoms. The maximum absolute atomic E-state index is 5.40. The van der Waals surface area contributed by atoms with Crippen LogP contribution in [0, 0.1) is 0 Å². The largest absolute Gasteiger partial charge is 0.254 e. The minimum atomic E-state index is 0.921. The van der Waals surface area contributed by atoms with Crippen LogP contribution in [-0.4, -0.2) is 9.97 Å². The van der Waals surface area contributed by atoms with Gasteiger partial charge in [0, 0.05) is 22.5 Å². The molecule has 214 valence electrons. The highest BCUT2D eigenvalue weighted by Crippen LogP contribution is 2.46. The highest BCUT2D eigenvalue weighted by molar-refractivity contribution is 6.22. The molecule has 0 aliphatic carbocycles. The summed E-state index contributed by atoms with van der Waals surface area (Å²) in [7, 11) is 0. The molecular formula is C44H28N2. The van der Waals surface area contributed by atoms with Gasteiger partial charge in [-0.25, -0.2) is 4.98 Å². The third kappa shape index (κ3) is 4.35. The molecule has 0 radical (unpaired) electrons. The average Bonchev–Trinajstić information content (AvgIpc) is 3.14. The van der Waals surface area contributed by atoms with Gasteiger partial charge in [0.2, 0.25) is 0 Å². The van der Waals surface area contributed by atoms with Gasteiger partial charge >= 0.3 is 0 Å². The van der Waals surface area contributed by atoms with Crippen molar-refractivity contribution >= 4 is 43.4 Å². The lowest BCUT2D eigenvalue weighted by atomic mass is 9.85. The Hall–Kier alpha value is -6.12. The molecular weight excluding hydrogens is 556 g/mol. The lowest BCUT2D eigenvalue weighted by molar-refractivity contribution is 1.38. The summed E-state index contributed by atoms with van der Waals surface area (Å²) in [5.74, 6) is 0. The van der Waals surface area contributed by atoms with E-state index < -0.39 is 0 Å². The van der Waals surface area contributed by atoms with Crippen molar-refractivity contribution in [3.8, 4) is 44.6 Å². The van der Waals surface area contributed by atoms with Crippen LogP contribution < -0.4 is 0 Å².